The molecule has 1 N–H and O–H groups in total. The van der Waals surface area contributed by atoms with Gasteiger partial charge in [0, 0.05) is 16.2 Å². The number of nitrogens with zero attached hydrogens (tertiary/aromatic N) is 1. The average Bonchev–Trinajstić information content (AvgIpc) is 3.28. The normalized spacial score (nSPS) is 19.0. The summed E-state index contributed by atoms with van der Waals surface area (Å²) in [5.74, 6) is -0.625. The predicted molar refractivity (Wildman–Crippen MR) is 85.8 cm³/mol. The van der Waals surface area contributed by atoms with Crippen LogP contribution in [-0.2, 0) is 10.0 Å². The lowest BCUT2D eigenvalue weighted by Gasteiger charge is -2.22. The van der Waals surface area contributed by atoms with Crippen molar-refractivity contribution in [1.29, 1.82) is 0 Å². The van der Waals surface area contributed by atoms with Crippen molar-refractivity contribution in [2.24, 2.45) is 5.92 Å². The van der Waals surface area contributed by atoms with Crippen LogP contribution in [0.5, 0.6) is 0 Å². The van der Waals surface area contributed by atoms with Crippen molar-refractivity contribution in [3.63, 3.8) is 0 Å². The molecule has 2 fully saturated rings. The molecule has 0 saturated heterocycles. The van der Waals surface area contributed by atoms with Gasteiger partial charge in [0.25, 0.3) is 0 Å². The molecule has 0 heterocycles. The molecule has 0 aromatic heterocycles. The first kappa shape index (κ1) is 15.2. The van der Waals surface area contributed by atoms with E-state index in [1.54, 1.807) is 10.4 Å². The molecule has 1 aromatic rings. The number of hydrogen-bond donors (Lipinski definition) is 1. The van der Waals surface area contributed by atoms with Crippen LogP contribution in [0.4, 0.5) is 0 Å². The number of rotatable bonds is 6. The van der Waals surface area contributed by atoms with Crippen LogP contribution in [0.1, 0.15) is 36.0 Å². The molecule has 2 aliphatic carbocycles. The minimum atomic E-state index is -3.60. The molecule has 5 nitrogen and oxygen atoms in total. The van der Waals surface area contributed by atoms with E-state index in [1.807, 2.05) is 22.6 Å². The van der Waals surface area contributed by atoms with E-state index >= 15 is 0 Å². The monoisotopic (exact) mass is 421 g/mol. The number of halogens is 1. The second-order valence-electron chi connectivity index (χ2n) is 5.70. The Morgan fingerprint density at radius 3 is 2.48 bits per heavy atom. The van der Waals surface area contributed by atoms with Gasteiger partial charge in [-0.1, -0.05) is 0 Å². The van der Waals surface area contributed by atoms with Crippen molar-refractivity contribution in [3.05, 3.63) is 27.3 Å². The van der Waals surface area contributed by atoms with Crippen LogP contribution < -0.4 is 0 Å². The number of carboxylic acid groups (broad SMARTS) is 1. The van der Waals surface area contributed by atoms with Gasteiger partial charge in [0.1, 0.15) is 0 Å². The molecule has 114 valence electrons. The van der Waals surface area contributed by atoms with Crippen molar-refractivity contribution in [2.45, 2.75) is 36.6 Å². The fraction of sp³-hybridized carbons (Fsp3) is 0.500. The smallest absolute Gasteiger partial charge is 0.336 e. The number of aromatic carboxylic acids is 1. The topological polar surface area (TPSA) is 74.7 Å². The van der Waals surface area contributed by atoms with Gasteiger partial charge in [0.2, 0.25) is 10.0 Å². The fourth-order valence-electron chi connectivity index (χ4n) is 2.33. The summed E-state index contributed by atoms with van der Waals surface area (Å²) in [6, 6.07) is 4.44. The standard InChI is InChI=1S/C14H16INO4S/c15-13-6-5-11(7-12(13)14(17)18)21(19,20)16(10-3-4-10)8-9-1-2-9/h5-7,9-10H,1-4,8H2,(H,17,18). The Bertz CT molecular complexity index is 680. The molecule has 0 unspecified atom stereocenters. The Hall–Kier alpha value is -0.670. The van der Waals surface area contributed by atoms with Gasteiger partial charge in [-0.15, -0.1) is 0 Å². The highest BCUT2D eigenvalue weighted by Crippen LogP contribution is 2.38. The van der Waals surface area contributed by atoms with E-state index in [0.29, 0.717) is 16.0 Å². The molecule has 21 heavy (non-hydrogen) atoms. The molecule has 1 aromatic carbocycles. The van der Waals surface area contributed by atoms with Crippen LogP contribution in [-0.4, -0.2) is 36.4 Å². The fourth-order valence-corrected chi connectivity index (χ4v) is 4.68. The summed E-state index contributed by atoms with van der Waals surface area (Å²) in [4.78, 5) is 11.3. The van der Waals surface area contributed by atoms with Crippen molar-refractivity contribution >= 4 is 38.6 Å². The van der Waals surface area contributed by atoms with E-state index in [2.05, 4.69) is 0 Å². The molecule has 2 saturated carbocycles. The minimum Gasteiger partial charge on any atom is -0.478 e. The van der Waals surface area contributed by atoms with E-state index in [0.717, 1.165) is 25.7 Å². The van der Waals surface area contributed by atoms with E-state index in [1.165, 1.54) is 12.1 Å². The summed E-state index contributed by atoms with van der Waals surface area (Å²) in [6.07, 6.45) is 3.99. The van der Waals surface area contributed by atoms with Crippen LogP contribution in [0.25, 0.3) is 0 Å². The first-order chi connectivity index (χ1) is 9.89. The van der Waals surface area contributed by atoms with Gasteiger partial charge in [0.15, 0.2) is 0 Å². The number of carbonyl (C=O) groups is 1. The first-order valence-corrected chi connectivity index (χ1v) is 9.46. The van der Waals surface area contributed by atoms with Gasteiger partial charge in [-0.25, -0.2) is 13.2 Å². The lowest BCUT2D eigenvalue weighted by atomic mass is 10.2. The molecule has 7 heteroatoms. The predicted octanol–water partition coefficient (Wildman–Crippen LogP) is 2.55. The van der Waals surface area contributed by atoms with Gasteiger partial charge in [-0.2, -0.15) is 4.31 Å². The van der Waals surface area contributed by atoms with Crippen molar-refractivity contribution in [1.82, 2.24) is 4.31 Å². The van der Waals surface area contributed by atoms with Gasteiger partial charge in [0.05, 0.1) is 10.5 Å². The van der Waals surface area contributed by atoms with E-state index < -0.39 is 16.0 Å². The molecule has 0 aliphatic heterocycles. The van der Waals surface area contributed by atoms with E-state index in [-0.39, 0.29) is 16.5 Å². The minimum absolute atomic E-state index is 0.0406. The first-order valence-electron chi connectivity index (χ1n) is 6.94. The average molecular weight is 421 g/mol. The van der Waals surface area contributed by atoms with Crippen LogP contribution in [0, 0.1) is 9.49 Å². The third-order valence-corrected chi connectivity index (χ3v) is 6.72. The van der Waals surface area contributed by atoms with Crippen molar-refractivity contribution in [2.75, 3.05) is 6.54 Å². The highest BCUT2D eigenvalue weighted by Gasteiger charge is 2.41. The molecule has 0 spiro atoms. The summed E-state index contributed by atoms with van der Waals surface area (Å²) in [6.45, 7) is 0.571. The Balaban J connectivity index is 1.96. The summed E-state index contributed by atoms with van der Waals surface area (Å²) >= 11 is 1.90. The van der Waals surface area contributed by atoms with Gasteiger partial charge >= 0.3 is 5.97 Å². The zero-order chi connectivity index (χ0) is 15.2. The zero-order valence-corrected chi connectivity index (χ0v) is 14.3. The van der Waals surface area contributed by atoms with Gasteiger partial charge < -0.3 is 5.11 Å². The van der Waals surface area contributed by atoms with E-state index in [4.69, 9.17) is 5.11 Å². The number of carboxylic acids is 1. The molecule has 0 bridgehead atoms. The van der Waals surface area contributed by atoms with Crippen LogP contribution in [0.2, 0.25) is 0 Å². The van der Waals surface area contributed by atoms with Crippen LogP contribution in [0.15, 0.2) is 23.1 Å². The Kier molecular flexibility index (Phi) is 4.00. The van der Waals surface area contributed by atoms with Crippen LogP contribution >= 0.6 is 22.6 Å². The van der Waals surface area contributed by atoms with Gasteiger partial charge in [-0.05, 0) is 72.4 Å². The molecule has 2 aliphatic rings. The Labute approximate surface area is 137 Å². The van der Waals surface area contributed by atoms with Crippen LogP contribution in [0.3, 0.4) is 0 Å². The third kappa shape index (κ3) is 3.24. The highest BCUT2D eigenvalue weighted by atomic mass is 127. The molecular weight excluding hydrogens is 405 g/mol. The maximum atomic E-state index is 12.8. The lowest BCUT2D eigenvalue weighted by Crippen LogP contribution is -2.35. The highest BCUT2D eigenvalue weighted by molar-refractivity contribution is 14.1. The third-order valence-electron chi connectivity index (χ3n) is 3.86. The SMILES string of the molecule is O=C(O)c1cc(S(=O)(=O)N(CC2CC2)C2CC2)ccc1I. The molecular formula is C14H16INO4S. The summed E-state index contributed by atoms with van der Waals surface area (Å²) in [5.41, 5.74) is 0.0406. The zero-order valence-electron chi connectivity index (χ0n) is 11.3. The molecule has 0 radical (unpaired) electrons. The maximum absolute atomic E-state index is 12.8. The second kappa shape index (κ2) is 5.51. The summed E-state index contributed by atoms with van der Waals surface area (Å²) in [7, 11) is -3.60. The van der Waals surface area contributed by atoms with Gasteiger partial charge in [-0.3, -0.25) is 0 Å². The molecule has 0 atom stereocenters. The maximum Gasteiger partial charge on any atom is 0.336 e. The van der Waals surface area contributed by atoms with Crippen molar-refractivity contribution < 1.29 is 18.3 Å². The number of benzene rings is 1. The Morgan fingerprint density at radius 2 is 1.95 bits per heavy atom. The number of hydrogen-bond acceptors (Lipinski definition) is 3. The molecule has 3 rings (SSSR count). The lowest BCUT2D eigenvalue weighted by molar-refractivity contribution is 0.0695. The largest absolute Gasteiger partial charge is 0.478 e. The summed E-state index contributed by atoms with van der Waals surface area (Å²) in [5, 5.41) is 9.16. The van der Waals surface area contributed by atoms with Crippen molar-refractivity contribution in [3.8, 4) is 0 Å². The Morgan fingerprint density at radius 1 is 1.29 bits per heavy atom. The quantitative estimate of drug-likeness (QED) is 0.717. The summed E-state index contributed by atoms with van der Waals surface area (Å²) < 4.78 is 27.7. The second-order valence-corrected chi connectivity index (χ2v) is 8.75. The number of sulfonamides is 1. The molecule has 0 amide bonds. The van der Waals surface area contributed by atoms with E-state index in [9.17, 15) is 13.2 Å².